The number of phenolic OH excluding ortho intramolecular Hbond substituents is 1. The van der Waals surface area contributed by atoms with Gasteiger partial charge in [0.15, 0.2) is 11.5 Å². The first kappa shape index (κ1) is 26.4. The lowest BCUT2D eigenvalue weighted by atomic mass is 10.2. The molecule has 1 aromatic heterocycles. The van der Waals surface area contributed by atoms with Crippen molar-refractivity contribution in [3.8, 4) is 11.5 Å². The van der Waals surface area contributed by atoms with Crippen molar-refractivity contribution in [2.45, 2.75) is 24.5 Å². The summed E-state index contributed by atoms with van der Waals surface area (Å²) < 4.78 is 57.3. The van der Waals surface area contributed by atoms with Crippen molar-refractivity contribution in [2.75, 3.05) is 30.4 Å². The summed E-state index contributed by atoms with van der Waals surface area (Å²) in [6.45, 7) is 3.62. The molecule has 1 unspecified atom stereocenters. The maximum atomic E-state index is 13.6. The molecule has 0 aliphatic heterocycles. The number of methoxy groups -OCH3 is 1. The van der Waals surface area contributed by atoms with Gasteiger partial charge in [-0.3, -0.25) is 4.57 Å². The predicted molar refractivity (Wildman–Crippen MR) is 131 cm³/mol. The van der Waals surface area contributed by atoms with Crippen LogP contribution in [-0.4, -0.2) is 43.8 Å². The molecule has 3 N–H and O–H groups in total. The Morgan fingerprint density at radius 1 is 1.00 bits per heavy atom. The fourth-order valence-electron chi connectivity index (χ4n) is 3.13. The van der Waals surface area contributed by atoms with Gasteiger partial charge in [0.05, 0.1) is 37.6 Å². The Kier molecular flexibility index (Phi) is 8.68. The van der Waals surface area contributed by atoms with E-state index >= 15 is 0 Å². The Balaban J connectivity index is 1.87. The third-order valence-electron chi connectivity index (χ3n) is 4.72. The van der Waals surface area contributed by atoms with Crippen LogP contribution in [0.15, 0.2) is 65.8 Å². The fourth-order valence-corrected chi connectivity index (χ4v) is 6.05. The number of hydrogen-bond acceptors (Lipinski definition) is 10. The van der Waals surface area contributed by atoms with Crippen LogP contribution in [0.25, 0.3) is 0 Å². The largest absolute Gasteiger partial charge is 0.508 e. The lowest BCUT2D eigenvalue weighted by molar-refractivity contribution is 0.213. The van der Waals surface area contributed by atoms with E-state index in [9.17, 15) is 18.1 Å². The van der Waals surface area contributed by atoms with E-state index in [4.69, 9.17) is 13.8 Å². The first-order chi connectivity index (χ1) is 16.7. The first-order valence-corrected chi connectivity index (χ1v) is 13.7. The third kappa shape index (κ3) is 6.49. The SMILES string of the molecule is CCOP(=O)(OCC)C(Nc1ccc(S(=O)(=O)Nc2ncc(OC)cn2)cc1)c1ccccc1O. The Morgan fingerprint density at radius 2 is 1.60 bits per heavy atom. The van der Waals surface area contributed by atoms with Crippen LogP contribution in [0, 0.1) is 0 Å². The summed E-state index contributed by atoms with van der Waals surface area (Å²) in [4.78, 5) is 7.76. The smallest absolute Gasteiger partial charge is 0.357 e. The topological polar surface area (TPSA) is 149 Å². The average Bonchev–Trinajstić information content (AvgIpc) is 2.84. The van der Waals surface area contributed by atoms with E-state index in [-0.39, 0.29) is 29.8 Å². The average molecular weight is 523 g/mol. The number of hydrogen-bond donors (Lipinski definition) is 3. The summed E-state index contributed by atoms with van der Waals surface area (Å²) in [6, 6.07) is 12.1. The number of aromatic nitrogens is 2. The number of nitrogens with zero attached hydrogens (tertiary/aromatic N) is 2. The molecule has 0 aliphatic carbocycles. The summed E-state index contributed by atoms with van der Waals surface area (Å²) in [6.07, 6.45) is 2.68. The van der Waals surface area contributed by atoms with Crippen molar-refractivity contribution < 1.29 is 31.9 Å². The van der Waals surface area contributed by atoms with Crippen molar-refractivity contribution in [2.24, 2.45) is 0 Å². The fraction of sp³-hybridized carbons (Fsp3) is 0.273. The van der Waals surface area contributed by atoms with Gasteiger partial charge >= 0.3 is 7.60 Å². The maximum Gasteiger partial charge on any atom is 0.357 e. The van der Waals surface area contributed by atoms with Gasteiger partial charge < -0.3 is 24.2 Å². The van der Waals surface area contributed by atoms with Gasteiger partial charge in [0.1, 0.15) is 5.75 Å². The Morgan fingerprint density at radius 3 is 2.14 bits per heavy atom. The molecule has 35 heavy (non-hydrogen) atoms. The summed E-state index contributed by atoms with van der Waals surface area (Å²) >= 11 is 0. The molecule has 1 atom stereocenters. The van der Waals surface area contributed by atoms with Crippen LogP contribution in [0.4, 0.5) is 11.6 Å². The van der Waals surface area contributed by atoms with Crippen LogP contribution in [0.2, 0.25) is 0 Å². The third-order valence-corrected chi connectivity index (χ3v) is 8.34. The van der Waals surface area contributed by atoms with Gasteiger partial charge in [-0.25, -0.2) is 23.1 Å². The number of anilines is 2. The van der Waals surface area contributed by atoms with E-state index in [1.54, 1.807) is 32.0 Å². The van der Waals surface area contributed by atoms with E-state index in [1.807, 2.05) is 0 Å². The minimum absolute atomic E-state index is 0.0422. The zero-order chi connectivity index (χ0) is 25.5. The van der Waals surface area contributed by atoms with Crippen LogP contribution >= 0.6 is 7.60 Å². The van der Waals surface area contributed by atoms with Gasteiger partial charge in [-0.1, -0.05) is 18.2 Å². The minimum atomic E-state index is -3.97. The molecule has 3 aromatic rings. The normalized spacial score (nSPS) is 12.7. The molecule has 0 saturated carbocycles. The van der Waals surface area contributed by atoms with Crippen LogP contribution in [-0.2, 0) is 23.6 Å². The summed E-state index contributed by atoms with van der Waals surface area (Å²) in [7, 11) is -6.29. The molecule has 188 valence electrons. The number of para-hydroxylation sites is 1. The second-order valence-corrected chi connectivity index (χ2v) is 10.9. The minimum Gasteiger partial charge on any atom is -0.508 e. The second kappa shape index (κ2) is 11.5. The molecule has 0 fully saturated rings. The molecule has 0 bridgehead atoms. The molecule has 0 amide bonds. The van der Waals surface area contributed by atoms with Gasteiger partial charge in [-0.2, -0.15) is 0 Å². The number of nitrogens with one attached hydrogen (secondary N) is 2. The number of ether oxygens (including phenoxy) is 1. The molecule has 0 saturated heterocycles. The number of benzene rings is 2. The number of aromatic hydroxyl groups is 1. The van der Waals surface area contributed by atoms with Gasteiger partial charge in [0.25, 0.3) is 10.0 Å². The molecule has 0 aliphatic rings. The van der Waals surface area contributed by atoms with Crippen LogP contribution < -0.4 is 14.8 Å². The van der Waals surface area contributed by atoms with Crippen LogP contribution in [0.5, 0.6) is 11.5 Å². The molecule has 0 spiro atoms. The number of phenols is 1. The maximum absolute atomic E-state index is 13.6. The van der Waals surface area contributed by atoms with E-state index in [0.29, 0.717) is 17.0 Å². The second-order valence-electron chi connectivity index (χ2n) is 7.06. The van der Waals surface area contributed by atoms with E-state index in [2.05, 4.69) is 20.0 Å². The van der Waals surface area contributed by atoms with Crippen molar-refractivity contribution in [3.63, 3.8) is 0 Å². The first-order valence-electron chi connectivity index (χ1n) is 10.6. The molecule has 3 rings (SSSR count). The van der Waals surface area contributed by atoms with E-state index in [0.717, 1.165) is 0 Å². The number of rotatable bonds is 12. The van der Waals surface area contributed by atoms with Gasteiger partial charge in [0, 0.05) is 11.3 Å². The molecule has 0 radical (unpaired) electrons. The molecular formula is C22H27N4O7PS. The summed E-state index contributed by atoms with van der Waals surface area (Å²) in [5, 5.41) is 13.5. The highest BCUT2D eigenvalue weighted by molar-refractivity contribution is 7.92. The highest BCUT2D eigenvalue weighted by Crippen LogP contribution is 2.61. The lowest BCUT2D eigenvalue weighted by Gasteiger charge is -2.28. The van der Waals surface area contributed by atoms with Crippen molar-refractivity contribution in [1.29, 1.82) is 0 Å². The van der Waals surface area contributed by atoms with Crippen LogP contribution in [0.1, 0.15) is 25.2 Å². The standard InChI is InChI=1S/C22H27N4O7PS/c1-4-32-34(28,33-5-2)21(19-8-6-7-9-20(19)27)25-16-10-12-18(13-11-16)35(29,30)26-22-23-14-17(31-3)15-24-22/h6-15,21,25,27H,4-5H2,1-3H3,(H,23,24,26). The van der Waals surface area contributed by atoms with Gasteiger partial charge in [-0.15, -0.1) is 0 Å². The van der Waals surface area contributed by atoms with Crippen LogP contribution in [0.3, 0.4) is 0 Å². The van der Waals surface area contributed by atoms with Crippen molar-refractivity contribution in [1.82, 2.24) is 9.97 Å². The molecule has 2 aromatic carbocycles. The summed E-state index contributed by atoms with van der Waals surface area (Å²) in [5.41, 5.74) is 0.741. The van der Waals surface area contributed by atoms with Gasteiger partial charge in [-0.05, 0) is 44.2 Å². The zero-order valence-corrected chi connectivity index (χ0v) is 21.1. The Hall–Kier alpha value is -3.18. The van der Waals surface area contributed by atoms with E-state index in [1.165, 1.54) is 49.8 Å². The van der Waals surface area contributed by atoms with Crippen molar-refractivity contribution >= 4 is 29.3 Å². The van der Waals surface area contributed by atoms with Gasteiger partial charge in [0.2, 0.25) is 5.95 Å². The molecule has 1 heterocycles. The Bertz CT molecular complexity index is 1260. The molecular weight excluding hydrogens is 495 g/mol. The Labute approximate surface area is 204 Å². The number of sulfonamides is 1. The molecule has 11 nitrogen and oxygen atoms in total. The van der Waals surface area contributed by atoms with E-state index < -0.39 is 23.4 Å². The highest BCUT2D eigenvalue weighted by Gasteiger charge is 2.38. The molecule has 13 heteroatoms. The zero-order valence-electron chi connectivity index (χ0n) is 19.4. The lowest BCUT2D eigenvalue weighted by Crippen LogP contribution is -2.16. The van der Waals surface area contributed by atoms with Crippen molar-refractivity contribution in [3.05, 3.63) is 66.5 Å². The monoisotopic (exact) mass is 522 g/mol. The summed E-state index contributed by atoms with van der Waals surface area (Å²) in [5.74, 6) is -0.856. The quantitative estimate of drug-likeness (QED) is 0.293. The highest BCUT2D eigenvalue weighted by atomic mass is 32.2. The predicted octanol–water partition coefficient (Wildman–Crippen LogP) is 4.37.